The van der Waals surface area contributed by atoms with Gasteiger partial charge in [0.15, 0.2) is 0 Å². The van der Waals surface area contributed by atoms with E-state index in [2.05, 4.69) is 5.32 Å². The van der Waals surface area contributed by atoms with Gasteiger partial charge in [0, 0.05) is 17.6 Å². The lowest BCUT2D eigenvalue weighted by atomic mass is 10.1. The van der Waals surface area contributed by atoms with Gasteiger partial charge >= 0.3 is 0 Å². The lowest BCUT2D eigenvalue weighted by molar-refractivity contribution is -0.135. The van der Waals surface area contributed by atoms with E-state index in [1.807, 2.05) is 27.7 Å². The highest BCUT2D eigenvalue weighted by Crippen LogP contribution is 2.24. The van der Waals surface area contributed by atoms with E-state index in [4.69, 9.17) is 9.47 Å². The van der Waals surface area contributed by atoms with Gasteiger partial charge in [0.25, 0.3) is 0 Å². The minimum atomic E-state index is -0.324. The van der Waals surface area contributed by atoms with Gasteiger partial charge in [-0.05, 0) is 45.9 Å². The van der Waals surface area contributed by atoms with Crippen LogP contribution in [0.15, 0.2) is 18.2 Å². The molecule has 0 heterocycles. The second-order valence-corrected chi connectivity index (χ2v) is 6.56. The zero-order valence-electron chi connectivity index (χ0n) is 15.4. The molecular formula is C18H28N2O4. The fraction of sp³-hybridized carbons (Fsp3) is 0.556. The largest absolute Gasteiger partial charge is 0.497 e. The number of carbonyl (C=O) groups is 2. The Bertz CT molecular complexity index is 579. The third-order valence-electron chi connectivity index (χ3n) is 3.41. The van der Waals surface area contributed by atoms with Crippen molar-refractivity contribution in [3.05, 3.63) is 23.8 Å². The van der Waals surface area contributed by atoms with Crippen LogP contribution in [0.1, 0.15) is 33.3 Å². The first-order valence-electron chi connectivity index (χ1n) is 7.99. The van der Waals surface area contributed by atoms with E-state index in [-0.39, 0.29) is 30.3 Å². The maximum absolute atomic E-state index is 12.6. The van der Waals surface area contributed by atoms with Crippen molar-refractivity contribution < 1.29 is 19.1 Å². The molecule has 0 saturated carbocycles. The highest BCUT2D eigenvalue weighted by molar-refractivity contribution is 5.86. The van der Waals surface area contributed by atoms with Gasteiger partial charge in [-0.3, -0.25) is 9.59 Å². The smallest absolute Gasteiger partial charge is 0.240 e. The number of methoxy groups -OCH3 is 2. The standard InChI is InChI=1S/C18H28N2O4/c1-7-20(12-16(21)19-18(2,3)4)17(22)11-13-10-14(23-5)8-9-15(13)24-6/h8-10H,7,11-12H2,1-6H3,(H,19,21). The molecule has 0 spiro atoms. The lowest BCUT2D eigenvalue weighted by Crippen LogP contribution is -2.47. The van der Waals surface area contributed by atoms with Crippen LogP contribution in [0.3, 0.4) is 0 Å². The second kappa shape index (κ2) is 8.57. The van der Waals surface area contributed by atoms with E-state index < -0.39 is 0 Å². The van der Waals surface area contributed by atoms with E-state index in [9.17, 15) is 9.59 Å². The van der Waals surface area contributed by atoms with Crippen molar-refractivity contribution in [2.75, 3.05) is 27.3 Å². The summed E-state index contributed by atoms with van der Waals surface area (Å²) >= 11 is 0. The van der Waals surface area contributed by atoms with Crippen LogP contribution in [0, 0.1) is 0 Å². The molecule has 0 radical (unpaired) electrons. The molecule has 0 atom stereocenters. The molecule has 0 fully saturated rings. The van der Waals surface area contributed by atoms with Crippen LogP contribution >= 0.6 is 0 Å². The maximum atomic E-state index is 12.6. The number of nitrogens with zero attached hydrogens (tertiary/aromatic N) is 1. The summed E-state index contributed by atoms with van der Waals surface area (Å²) in [6, 6.07) is 5.32. The van der Waals surface area contributed by atoms with Crippen molar-refractivity contribution in [2.45, 2.75) is 39.7 Å². The Morgan fingerprint density at radius 1 is 1.17 bits per heavy atom. The molecule has 1 rings (SSSR count). The van der Waals surface area contributed by atoms with Crippen molar-refractivity contribution >= 4 is 11.8 Å². The van der Waals surface area contributed by atoms with Crippen LogP contribution < -0.4 is 14.8 Å². The van der Waals surface area contributed by atoms with Gasteiger partial charge < -0.3 is 19.7 Å². The molecule has 1 aromatic rings. The number of nitrogens with one attached hydrogen (secondary N) is 1. The Morgan fingerprint density at radius 2 is 1.83 bits per heavy atom. The molecule has 1 aromatic carbocycles. The van der Waals surface area contributed by atoms with Crippen molar-refractivity contribution in [3.63, 3.8) is 0 Å². The van der Waals surface area contributed by atoms with Crippen LogP contribution in [-0.2, 0) is 16.0 Å². The molecule has 6 nitrogen and oxygen atoms in total. The van der Waals surface area contributed by atoms with Crippen molar-refractivity contribution in [1.29, 1.82) is 0 Å². The summed E-state index contributed by atoms with van der Waals surface area (Å²) < 4.78 is 10.5. The van der Waals surface area contributed by atoms with Crippen molar-refractivity contribution in [1.82, 2.24) is 10.2 Å². The summed E-state index contributed by atoms with van der Waals surface area (Å²) in [6.45, 7) is 8.07. The van der Waals surface area contributed by atoms with Gasteiger partial charge in [0.05, 0.1) is 27.2 Å². The molecule has 0 aliphatic rings. The number of likely N-dealkylation sites (N-methyl/N-ethyl adjacent to an activating group) is 1. The van der Waals surface area contributed by atoms with E-state index in [0.717, 1.165) is 5.56 Å². The first-order chi connectivity index (χ1) is 11.2. The number of amides is 2. The van der Waals surface area contributed by atoms with Crippen LogP contribution in [0.25, 0.3) is 0 Å². The Hall–Kier alpha value is -2.24. The molecule has 24 heavy (non-hydrogen) atoms. The molecular weight excluding hydrogens is 308 g/mol. The van der Waals surface area contributed by atoms with E-state index in [0.29, 0.717) is 18.0 Å². The van der Waals surface area contributed by atoms with Crippen LogP contribution in [0.2, 0.25) is 0 Å². The Labute approximate surface area is 144 Å². The average molecular weight is 336 g/mol. The normalized spacial score (nSPS) is 10.9. The van der Waals surface area contributed by atoms with Crippen molar-refractivity contribution in [2.24, 2.45) is 0 Å². The minimum Gasteiger partial charge on any atom is -0.497 e. The SMILES string of the molecule is CCN(CC(=O)NC(C)(C)C)C(=O)Cc1cc(OC)ccc1OC. The first-order valence-corrected chi connectivity index (χ1v) is 7.99. The first kappa shape index (κ1) is 19.8. The predicted octanol–water partition coefficient (Wildman–Crippen LogP) is 2.01. The molecule has 1 N–H and O–H groups in total. The molecule has 2 amide bonds. The number of hydrogen-bond donors (Lipinski definition) is 1. The molecule has 0 unspecified atom stereocenters. The third-order valence-corrected chi connectivity index (χ3v) is 3.41. The predicted molar refractivity (Wildman–Crippen MR) is 93.4 cm³/mol. The quantitative estimate of drug-likeness (QED) is 0.827. The van der Waals surface area contributed by atoms with Gasteiger partial charge in [-0.2, -0.15) is 0 Å². The Balaban J connectivity index is 2.82. The summed E-state index contributed by atoms with van der Waals surface area (Å²) in [6.07, 6.45) is 0.150. The molecule has 0 aromatic heterocycles. The maximum Gasteiger partial charge on any atom is 0.240 e. The summed E-state index contributed by atoms with van der Waals surface area (Å²) in [5.41, 5.74) is 0.409. The summed E-state index contributed by atoms with van der Waals surface area (Å²) in [5.74, 6) is 0.981. The Kier molecular flexibility index (Phi) is 7.07. The van der Waals surface area contributed by atoms with E-state index in [1.54, 1.807) is 32.4 Å². The topological polar surface area (TPSA) is 67.9 Å². The Morgan fingerprint density at radius 3 is 2.33 bits per heavy atom. The molecule has 134 valence electrons. The highest BCUT2D eigenvalue weighted by Gasteiger charge is 2.20. The zero-order valence-corrected chi connectivity index (χ0v) is 15.4. The van der Waals surface area contributed by atoms with E-state index in [1.165, 1.54) is 4.90 Å². The van der Waals surface area contributed by atoms with Gasteiger partial charge in [-0.15, -0.1) is 0 Å². The van der Waals surface area contributed by atoms with Gasteiger partial charge in [0.1, 0.15) is 11.5 Å². The number of carbonyl (C=O) groups excluding carboxylic acids is 2. The van der Waals surface area contributed by atoms with Crippen LogP contribution in [0.5, 0.6) is 11.5 Å². The van der Waals surface area contributed by atoms with Crippen LogP contribution in [0.4, 0.5) is 0 Å². The van der Waals surface area contributed by atoms with E-state index >= 15 is 0 Å². The summed E-state index contributed by atoms with van der Waals surface area (Å²) in [4.78, 5) is 26.1. The second-order valence-electron chi connectivity index (χ2n) is 6.56. The number of rotatable bonds is 7. The average Bonchev–Trinajstić information content (AvgIpc) is 2.50. The van der Waals surface area contributed by atoms with Crippen molar-refractivity contribution in [3.8, 4) is 11.5 Å². The fourth-order valence-corrected chi connectivity index (χ4v) is 2.30. The van der Waals surface area contributed by atoms with Gasteiger partial charge in [-0.1, -0.05) is 0 Å². The van der Waals surface area contributed by atoms with Gasteiger partial charge in [-0.25, -0.2) is 0 Å². The zero-order chi connectivity index (χ0) is 18.3. The molecule has 0 saturated heterocycles. The lowest BCUT2D eigenvalue weighted by Gasteiger charge is -2.25. The summed E-state index contributed by atoms with van der Waals surface area (Å²) in [5, 5.41) is 2.87. The molecule has 0 aliphatic heterocycles. The third kappa shape index (κ3) is 6.10. The highest BCUT2D eigenvalue weighted by atomic mass is 16.5. The summed E-state index contributed by atoms with van der Waals surface area (Å²) in [7, 11) is 3.13. The fourth-order valence-electron chi connectivity index (χ4n) is 2.30. The monoisotopic (exact) mass is 336 g/mol. The number of benzene rings is 1. The van der Waals surface area contributed by atoms with Gasteiger partial charge in [0.2, 0.25) is 11.8 Å². The number of hydrogen-bond acceptors (Lipinski definition) is 4. The molecule has 0 aliphatic carbocycles. The van der Waals surface area contributed by atoms with Crippen LogP contribution in [-0.4, -0.2) is 49.6 Å². The number of ether oxygens (including phenoxy) is 2. The minimum absolute atomic E-state index is 0.0406. The molecule has 0 bridgehead atoms. The molecule has 6 heteroatoms.